The molecule has 0 saturated carbocycles. The zero-order chi connectivity index (χ0) is 19.8. The molecule has 0 unspecified atom stereocenters. The number of anilines is 2. The van der Waals surface area contributed by atoms with E-state index in [4.69, 9.17) is 5.73 Å². The number of thioether (sulfide) groups is 1. The van der Waals surface area contributed by atoms with Gasteiger partial charge in [0.1, 0.15) is 5.82 Å². The molecule has 1 aromatic heterocycles. The van der Waals surface area contributed by atoms with E-state index in [0.717, 1.165) is 17.7 Å². The largest absolute Gasteiger partial charge is 0.383 e. The van der Waals surface area contributed by atoms with Crippen LogP contribution in [0.15, 0.2) is 44.8 Å². The molecule has 27 heavy (non-hydrogen) atoms. The van der Waals surface area contributed by atoms with E-state index >= 15 is 0 Å². The number of aromatic nitrogens is 2. The number of rotatable bonds is 9. The zero-order valence-corrected chi connectivity index (χ0v) is 16.6. The molecule has 1 aromatic carbocycles. The summed E-state index contributed by atoms with van der Waals surface area (Å²) in [6, 6.07) is 9.58. The van der Waals surface area contributed by atoms with Crippen LogP contribution in [0.2, 0.25) is 0 Å². The molecule has 2 aromatic rings. The number of carbonyl (C=O) groups excluding carboxylic acids is 1. The summed E-state index contributed by atoms with van der Waals surface area (Å²) in [6.07, 6.45) is 2.28. The summed E-state index contributed by atoms with van der Waals surface area (Å²) in [5.41, 5.74) is 5.02. The van der Waals surface area contributed by atoms with E-state index in [9.17, 15) is 14.4 Å². The van der Waals surface area contributed by atoms with E-state index < -0.39 is 11.2 Å². The van der Waals surface area contributed by atoms with Crippen molar-refractivity contribution in [3.63, 3.8) is 0 Å². The van der Waals surface area contributed by atoms with Gasteiger partial charge in [-0.1, -0.05) is 38.5 Å². The highest BCUT2D eigenvalue weighted by Crippen LogP contribution is 2.22. The number of amides is 1. The fourth-order valence-electron chi connectivity index (χ4n) is 2.70. The number of nitrogen functional groups attached to an aromatic ring is 1. The van der Waals surface area contributed by atoms with Gasteiger partial charge in [0, 0.05) is 18.0 Å². The standard InChI is InChI=1S/C19H26N4O3S/c1-3-5-12-22(15(24)13-27-14-9-7-6-8-10-14)16-17(20)23(11-4-2)19(26)21-18(16)25/h6-10H,3-5,11-13,20H2,1-2H3,(H,21,25,26). The first-order valence-corrected chi connectivity index (χ1v) is 10.1. The van der Waals surface area contributed by atoms with Gasteiger partial charge < -0.3 is 10.6 Å². The van der Waals surface area contributed by atoms with Crippen molar-refractivity contribution in [3.05, 3.63) is 51.2 Å². The number of nitrogens with zero attached hydrogens (tertiary/aromatic N) is 2. The van der Waals surface area contributed by atoms with Gasteiger partial charge in [0.2, 0.25) is 5.91 Å². The number of unbranched alkanes of at least 4 members (excludes halogenated alkanes) is 1. The molecule has 0 aliphatic rings. The van der Waals surface area contributed by atoms with Crippen molar-refractivity contribution in [1.29, 1.82) is 0 Å². The van der Waals surface area contributed by atoms with Gasteiger partial charge in [-0.3, -0.25) is 19.1 Å². The van der Waals surface area contributed by atoms with Crippen molar-refractivity contribution in [1.82, 2.24) is 9.55 Å². The highest BCUT2D eigenvalue weighted by molar-refractivity contribution is 8.00. The lowest BCUT2D eigenvalue weighted by Gasteiger charge is -2.24. The lowest BCUT2D eigenvalue weighted by atomic mass is 10.2. The maximum atomic E-state index is 12.9. The van der Waals surface area contributed by atoms with Crippen molar-refractivity contribution >= 4 is 29.2 Å². The topological polar surface area (TPSA) is 101 Å². The van der Waals surface area contributed by atoms with Crippen molar-refractivity contribution in [2.24, 2.45) is 0 Å². The Kier molecular flexibility index (Phi) is 7.72. The second kappa shape index (κ2) is 10.0. The van der Waals surface area contributed by atoms with Crippen LogP contribution >= 0.6 is 11.8 Å². The number of hydrogen-bond acceptors (Lipinski definition) is 5. The van der Waals surface area contributed by atoms with E-state index in [1.165, 1.54) is 21.2 Å². The van der Waals surface area contributed by atoms with E-state index in [2.05, 4.69) is 4.98 Å². The lowest BCUT2D eigenvalue weighted by molar-refractivity contribution is -0.116. The smallest absolute Gasteiger partial charge is 0.330 e. The molecule has 0 radical (unpaired) electrons. The monoisotopic (exact) mass is 390 g/mol. The van der Waals surface area contributed by atoms with Gasteiger partial charge in [0.05, 0.1) is 5.75 Å². The van der Waals surface area contributed by atoms with Crippen LogP contribution in [-0.4, -0.2) is 27.8 Å². The first-order valence-electron chi connectivity index (χ1n) is 9.10. The van der Waals surface area contributed by atoms with Crippen LogP contribution in [0.4, 0.5) is 11.5 Å². The number of H-pyrrole nitrogens is 1. The third kappa shape index (κ3) is 5.26. The predicted octanol–water partition coefficient (Wildman–Crippen LogP) is 2.45. The molecule has 0 bridgehead atoms. The Labute approximate surface area is 162 Å². The van der Waals surface area contributed by atoms with E-state index in [1.807, 2.05) is 44.2 Å². The summed E-state index contributed by atoms with van der Waals surface area (Å²) in [6.45, 7) is 4.67. The third-order valence-corrected chi connectivity index (χ3v) is 5.07. The molecule has 1 amide bonds. The molecule has 7 nitrogen and oxygen atoms in total. The molecule has 2 rings (SSSR count). The fraction of sp³-hybridized carbons (Fsp3) is 0.421. The van der Waals surface area contributed by atoms with Crippen molar-refractivity contribution in [2.75, 3.05) is 22.9 Å². The average molecular weight is 391 g/mol. The Bertz CT molecular complexity index is 877. The summed E-state index contributed by atoms with van der Waals surface area (Å²) < 4.78 is 1.31. The molecule has 1 heterocycles. The van der Waals surface area contributed by atoms with E-state index in [0.29, 0.717) is 19.5 Å². The summed E-state index contributed by atoms with van der Waals surface area (Å²) in [7, 11) is 0. The summed E-state index contributed by atoms with van der Waals surface area (Å²) in [5, 5.41) is 0. The molecule has 0 saturated heterocycles. The predicted molar refractivity (Wildman–Crippen MR) is 110 cm³/mol. The highest BCUT2D eigenvalue weighted by atomic mass is 32.2. The first-order chi connectivity index (χ1) is 13.0. The second-order valence-electron chi connectivity index (χ2n) is 6.15. The lowest BCUT2D eigenvalue weighted by Crippen LogP contribution is -2.42. The SMILES string of the molecule is CCCCN(C(=O)CSc1ccccc1)c1c(N)n(CCC)c(=O)[nH]c1=O. The molecular formula is C19H26N4O3S. The van der Waals surface area contributed by atoms with Gasteiger partial charge in [-0.15, -0.1) is 11.8 Å². The van der Waals surface area contributed by atoms with Crippen LogP contribution < -0.4 is 21.9 Å². The van der Waals surface area contributed by atoms with Crippen LogP contribution in [0.3, 0.4) is 0 Å². The molecule has 0 aliphatic carbocycles. The molecule has 146 valence electrons. The minimum atomic E-state index is -0.626. The van der Waals surface area contributed by atoms with Gasteiger partial charge in [0.15, 0.2) is 5.69 Å². The molecule has 3 N–H and O–H groups in total. The first kappa shape index (κ1) is 20.8. The summed E-state index contributed by atoms with van der Waals surface area (Å²) in [4.78, 5) is 42.1. The Morgan fingerprint density at radius 2 is 1.89 bits per heavy atom. The maximum absolute atomic E-state index is 12.9. The normalized spacial score (nSPS) is 10.7. The Morgan fingerprint density at radius 1 is 1.19 bits per heavy atom. The number of hydrogen-bond donors (Lipinski definition) is 2. The number of carbonyl (C=O) groups is 1. The van der Waals surface area contributed by atoms with Crippen molar-refractivity contribution < 1.29 is 4.79 Å². The molecular weight excluding hydrogens is 364 g/mol. The van der Waals surface area contributed by atoms with Gasteiger partial charge in [-0.2, -0.15) is 0 Å². The van der Waals surface area contributed by atoms with Crippen LogP contribution in [0.5, 0.6) is 0 Å². The van der Waals surface area contributed by atoms with E-state index in [1.54, 1.807) is 0 Å². The summed E-state index contributed by atoms with van der Waals surface area (Å²) >= 11 is 1.40. The molecule has 0 aliphatic heterocycles. The number of nitrogens with one attached hydrogen (secondary N) is 1. The number of nitrogens with two attached hydrogens (primary N) is 1. The Hall–Kier alpha value is -2.48. The Balaban J connectivity index is 2.35. The van der Waals surface area contributed by atoms with Crippen LogP contribution in [0.1, 0.15) is 33.1 Å². The van der Waals surface area contributed by atoms with E-state index in [-0.39, 0.29) is 23.2 Å². The zero-order valence-electron chi connectivity index (χ0n) is 15.7. The fourth-order valence-corrected chi connectivity index (χ4v) is 3.50. The minimum Gasteiger partial charge on any atom is -0.383 e. The molecule has 0 spiro atoms. The van der Waals surface area contributed by atoms with Gasteiger partial charge in [-0.05, 0) is 25.0 Å². The third-order valence-electron chi connectivity index (χ3n) is 4.07. The maximum Gasteiger partial charge on any atom is 0.330 e. The van der Waals surface area contributed by atoms with Crippen LogP contribution in [0, 0.1) is 0 Å². The quantitative estimate of drug-likeness (QED) is 0.641. The Morgan fingerprint density at radius 3 is 2.52 bits per heavy atom. The highest BCUT2D eigenvalue weighted by Gasteiger charge is 2.23. The van der Waals surface area contributed by atoms with Gasteiger partial charge >= 0.3 is 5.69 Å². The van der Waals surface area contributed by atoms with Crippen LogP contribution in [0.25, 0.3) is 0 Å². The number of benzene rings is 1. The van der Waals surface area contributed by atoms with Gasteiger partial charge in [-0.25, -0.2) is 4.79 Å². The second-order valence-corrected chi connectivity index (χ2v) is 7.19. The number of aromatic amines is 1. The van der Waals surface area contributed by atoms with Crippen molar-refractivity contribution in [3.8, 4) is 0 Å². The van der Waals surface area contributed by atoms with Gasteiger partial charge in [0.25, 0.3) is 5.56 Å². The molecule has 8 heteroatoms. The average Bonchev–Trinajstić information content (AvgIpc) is 2.66. The van der Waals surface area contributed by atoms with Crippen LogP contribution in [-0.2, 0) is 11.3 Å². The minimum absolute atomic E-state index is 0.0414. The molecule has 0 atom stereocenters. The van der Waals surface area contributed by atoms with Crippen molar-refractivity contribution in [2.45, 2.75) is 44.6 Å². The summed E-state index contributed by atoms with van der Waals surface area (Å²) in [5.74, 6) is 0.00967. The molecule has 0 fully saturated rings.